The molecule has 2 rings (SSSR count). The second-order valence-electron chi connectivity index (χ2n) is 4.23. The number of hydrogen-bond donors (Lipinski definition) is 4. The molecule has 0 radical (unpaired) electrons. The molecule has 0 unspecified atom stereocenters. The van der Waals surface area contributed by atoms with E-state index in [0.717, 1.165) is 6.07 Å². The maximum atomic E-state index is 13.6. The van der Waals surface area contributed by atoms with Gasteiger partial charge in [0.15, 0.2) is 0 Å². The molecule has 0 aliphatic carbocycles. The smallest absolute Gasteiger partial charge is 0.248 e. The predicted molar refractivity (Wildman–Crippen MR) is 72.0 cm³/mol. The molecule has 0 saturated heterocycles. The third kappa shape index (κ3) is 2.97. The number of nitrogens with one attached hydrogen (secondary N) is 1. The summed E-state index contributed by atoms with van der Waals surface area (Å²) in [6.45, 7) is 0.130. The zero-order chi connectivity index (χ0) is 14.7. The molecular formula is C14H13FN2O3. The van der Waals surface area contributed by atoms with Crippen LogP contribution in [0.25, 0.3) is 0 Å². The minimum absolute atomic E-state index is 0.0619. The molecule has 0 atom stereocenters. The Morgan fingerprint density at radius 1 is 1.20 bits per heavy atom. The monoisotopic (exact) mass is 276 g/mol. The molecule has 0 spiro atoms. The Morgan fingerprint density at radius 3 is 2.60 bits per heavy atom. The van der Waals surface area contributed by atoms with Gasteiger partial charge >= 0.3 is 0 Å². The van der Waals surface area contributed by atoms with Crippen LogP contribution in [0.3, 0.4) is 0 Å². The Labute approximate surface area is 114 Å². The zero-order valence-corrected chi connectivity index (χ0v) is 10.4. The fourth-order valence-electron chi connectivity index (χ4n) is 1.71. The molecule has 5 N–H and O–H groups in total. The Hall–Kier alpha value is -2.76. The van der Waals surface area contributed by atoms with Crippen LogP contribution in [0.1, 0.15) is 15.9 Å². The average molecular weight is 276 g/mol. The molecule has 6 heteroatoms. The minimum Gasteiger partial charge on any atom is -0.508 e. The zero-order valence-electron chi connectivity index (χ0n) is 10.4. The number of anilines is 1. The number of carbonyl (C=O) groups excluding carboxylic acids is 1. The molecule has 0 aromatic heterocycles. The van der Waals surface area contributed by atoms with E-state index < -0.39 is 11.7 Å². The van der Waals surface area contributed by atoms with Crippen molar-refractivity contribution < 1.29 is 19.4 Å². The Balaban J connectivity index is 2.18. The Morgan fingerprint density at radius 2 is 1.95 bits per heavy atom. The van der Waals surface area contributed by atoms with Crippen LogP contribution in [-0.4, -0.2) is 16.1 Å². The summed E-state index contributed by atoms with van der Waals surface area (Å²) in [5.74, 6) is -1.36. The van der Waals surface area contributed by atoms with E-state index in [0.29, 0.717) is 5.56 Å². The van der Waals surface area contributed by atoms with E-state index in [4.69, 9.17) is 5.73 Å². The summed E-state index contributed by atoms with van der Waals surface area (Å²) >= 11 is 0. The summed E-state index contributed by atoms with van der Waals surface area (Å²) in [5, 5.41) is 21.5. The lowest BCUT2D eigenvalue weighted by Gasteiger charge is -2.10. The predicted octanol–water partition coefficient (Wildman–Crippen LogP) is 1.95. The molecule has 1 amide bonds. The number of amides is 1. The van der Waals surface area contributed by atoms with E-state index in [1.54, 1.807) is 0 Å². The van der Waals surface area contributed by atoms with Crippen LogP contribution in [0, 0.1) is 5.82 Å². The van der Waals surface area contributed by atoms with Gasteiger partial charge in [-0.1, -0.05) is 0 Å². The van der Waals surface area contributed by atoms with Crippen molar-refractivity contribution in [3.8, 4) is 11.5 Å². The summed E-state index contributed by atoms with van der Waals surface area (Å²) in [5.41, 5.74) is 5.89. The molecule has 0 bridgehead atoms. The summed E-state index contributed by atoms with van der Waals surface area (Å²) in [7, 11) is 0. The van der Waals surface area contributed by atoms with Crippen LogP contribution in [-0.2, 0) is 6.54 Å². The van der Waals surface area contributed by atoms with Crippen molar-refractivity contribution in [3.63, 3.8) is 0 Å². The van der Waals surface area contributed by atoms with Gasteiger partial charge in [0.1, 0.15) is 17.3 Å². The van der Waals surface area contributed by atoms with Crippen molar-refractivity contribution in [3.05, 3.63) is 53.3 Å². The Bertz CT molecular complexity index is 659. The SMILES string of the molecule is NC(=O)c1ccc(F)c(NCc2ccc(O)cc2O)c1. The minimum atomic E-state index is -0.652. The number of phenols is 2. The van der Waals surface area contributed by atoms with Crippen molar-refractivity contribution in [1.29, 1.82) is 0 Å². The van der Waals surface area contributed by atoms with Crippen molar-refractivity contribution in [2.24, 2.45) is 5.73 Å². The number of phenolic OH excluding ortho intramolecular Hbond substituents is 2. The third-order valence-corrected chi connectivity index (χ3v) is 2.79. The first-order valence-corrected chi connectivity index (χ1v) is 5.81. The molecule has 20 heavy (non-hydrogen) atoms. The van der Waals surface area contributed by atoms with Crippen molar-refractivity contribution in [2.75, 3.05) is 5.32 Å². The fourth-order valence-corrected chi connectivity index (χ4v) is 1.71. The molecule has 2 aromatic rings. The molecule has 104 valence electrons. The summed E-state index contributed by atoms with van der Waals surface area (Å²) in [4.78, 5) is 11.0. The number of benzene rings is 2. The highest BCUT2D eigenvalue weighted by Crippen LogP contribution is 2.24. The number of carbonyl (C=O) groups is 1. The van der Waals surface area contributed by atoms with Gasteiger partial charge in [-0.2, -0.15) is 0 Å². The fraction of sp³-hybridized carbons (Fsp3) is 0.0714. The normalized spacial score (nSPS) is 10.2. The molecule has 0 aliphatic heterocycles. The summed E-state index contributed by atoms with van der Waals surface area (Å²) in [6, 6.07) is 7.84. The number of aromatic hydroxyl groups is 2. The first-order chi connectivity index (χ1) is 9.47. The van der Waals surface area contributed by atoms with Crippen molar-refractivity contribution >= 4 is 11.6 Å². The molecule has 2 aromatic carbocycles. The highest BCUT2D eigenvalue weighted by molar-refractivity contribution is 5.93. The van der Waals surface area contributed by atoms with E-state index >= 15 is 0 Å². The van der Waals surface area contributed by atoms with E-state index in [1.807, 2.05) is 0 Å². The Kier molecular flexibility index (Phi) is 3.74. The summed E-state index contributed by atoms with van der Waals surface area (Å²) < 4.78 is 13.6. The average Bonchev–Trinajstić information content (AvgIpc) is 2.39. The van der Waals surface area contributed by atoms with Crippen LogP contribution in [0.2, 0.25) is 0 Å². The number of halogens is 1. The van der Waals surface area contributed by atoms with Gasteiger partial charge in [-0.15, -0.1) is 0 Å². The first kappa shape index (κ1) is 13.7. The largest absolute Gasteiger partial charge is 0.508 e. The maximum Gasteiger partial charge on any atom is 0.248 e. The van der Waals surface area contributed by atoms with E-state index in [-0.39, 0.29) is 29.3 Å². The van der Waals surface area contributed by atoms with Gasteiger partial charge in [-0.25, -0.2) is 4.39 Å². The lowest BCUT2D eigenvalue weighted by Crippen LogP contribution is -2.12. The van der Waals surface area contributed by atoms with E-state index in [2.05, 4.69) is 5.32 Å². The number of hydrogen-bond acceptors (Lipinski definition) is 4. The standard InChI is InChI=1S/C14H13FN2O3/c15-11-4-2-8(14(16)20)5-12(11)17-7-9-1-3-10(18)6-13(9)19/h1-6,17-19H,7H2,(H2,16,20). The van der Waals surface area contributed by atoms with Gasteiger partial charge in [0.25, 0.3) is 0 Å². The maximum absolute atomic E-state index is 13.6. The molecule has 0 aliphatic rings. The van der Waals surface area contributed by atoms with Crippen LogP contribution in [0.5, 0.6) is 11.5 Å². The molecule has 0 fully saturated rings. The number of rotatable bonds is 4. The van der Waals surface area contributed by atoms with Gasteiger partial charge in [0, 0.05) is 23.7 Å². The van der Waals surface area contributed by atoms with Gasteiger partial charge in [0.2, 0.25) is 5.91 Å². The van der Waals surface area contributed by atoms with Crippen LogP contribution in [0.4, 0.5) is 10.1 Å². The first-order valence-electron chi connectivity index (χ1n) is 5.81. The lowest BCUT2D eigenvalue weighted by atomic mass is 10.1. The van der Waals surface area contributed by atoms with E-state index in [1.165, 1.54) is 30.3 Å². The molecule has 5 nitrogen and oxygen atoms in total. The third-order valence-electron chi connectivity index (χ3n) is 2.79. The van der Waals surface area contributed by atoms with E-state index in [9.17, 15) is 19.4 Å². The molecule has 0 heterocycles. The highest BCUT2D eigenvalue weighted by Gasteiger charge is 2.08. The molecular weight excluding hydrogens is 263 g/mol. The van der Waals surface area contributed by atoms with Crippen LogP contribution < -0.4 is 11.1 Å². The van der Waals surface area contributed by atoms with Crippen molar-refractivity contribution in [2.45, 2.75) is 6.54 Å². The van der Waals surface area contributed by atoms with Crippen LogP contribution >= 0.6 is 0 Å². The number of primary amides is 1. The van der Waals surface area contributed by atoms with Crippen LogP contribution in [0.15, 0.2) is 36.4 Å². The second-order valence-corrected chi connectivity index (χ2v) is 4.23. The molecule has 0 saturated carbocycles. The second kappa shape index (κ2) is 5.48. The summed E-state index contributed by atoms with van der Waals surface area (Å²) in [6.07, 6.45) is 0. The van der Waals surface area contributed by atoms with Crippen molar-refractivity contribution in [1.82, 2.24) is 0 Å². The van der Waals surface area contributed by atoms with Gasteiger partial charge < -0.3 is 21.3 Å². The highest BCUT2D eigenvalue weighted by atomic mass is 19.1. The lowest BCUT2D eigenvalue weighted by molar-refractivity contribution is 0.100. The van der Waals surface area contributed by atoms with Gasteiger partial charge in [-0.05, 0) is 30.3 Å². The quantitative estimate of drug-likeness (QED) is 0.686. The number of nitrogens with two attached hydrogens (primary N) is 1. The van der Waals surface area contributed by atoms with Gasteiger partial charge in [0.05, 0.1) is 5.69 Å². The van der Waals surface area contributed by atoms with Gasteiger partial charge in [-0.3, -0.25) is 4.79 Å². The topological polar surface area (TPSA) is 95.6 Å².